The van der Waals surface area contributed by atoms with Gasteiger partial charge in [0.05, 0.1) is 0 Å². The van der Waals surface area contributed by atoms with Crippen molar-refractivity contribution in [2.24, 2.45) is 0 Å². The van der Waals surface area contributed by atoms with Crippen LogP contribution in [0, 0.1) is 6.07 Å². The van der Waals surface area contributed by atoms with Gasteiger partial charge in [-0.3, -0.25) is 0 Å². The zero-order valence-electron chi connectivity index (χ0n) is 26.3. The van der Waals surface area contributed by atoms with Crippen molar-refractivity contribution in [2.75, 3.05) is 0 Å². The first-order valence-corrected chi connectivity index (χ1v) is 19.1. The number of rotatable bonds is 3. The molecule has 218 valence electrons. The van der Waals surface area contributed by atoms with E-state index in [-0.39, 0.29) is 35.6 Å². The summed E-state index contributed by atoms with van der Waals surface area (Å²) < 4.78 is 2.25. The monoisotopic (exact) mass is 678 g/mol. The van der Waals surface area contributed by atoms with Gasteiger partial charge in [0.15, 0.2) is 0 Å². The van der Waals surface area contributed by atoms with Crippen molar-refractivity contribution in [2.45, 2.75) is 84.9 Å². The second kappa shape index (κ2) is 15.9. The Bertz CT molecular complexity index is 1290. The molecule has 0 spiro atoms. The first-order valence-electron chi connectivity index (χ1n) is 14.1. The number of benzene rings is 3. The van der Waals surface area contributed by atoms with Gasteiger partial charge in [0.2, 0.25) is 0 Å². The molecule has 0 bridgehead atoms. The van der Waals surface area contributed by atoms with Crippen molar-refractivity contribution in [1.82, 2.24) is 0 Å². The van der Waals surface area contributed by atoms with E-state index < -0.39 is 8.07 Å². The van der Waals surface area contributed by atoms with Crippen LogP contribution in [0.2, 0.25) is 19.6 Å². The van der Waals surface area contributed by atoms with E-state index in [1.165, 1.54) is 63.2 Å². The SMILES string of the molecule is CC(C)(C)c1[c-]c2c(cc1)-c1ccc(C(C)(C)C)cc1C2.C[Si](C)(C)c1cc[cH-]c1.[Cl-].[Cl-].[Zr+2]=[CH]Cc1ccccc1. The molecule has 4 aromatic carbocycles. The van der Waals surface area contributed by atoms with Gasteiger partial charge in [-0.1, -0.05) is 84.9 Å². The summed E-state index contributed by atoms with van der Waals surface area (Å²) in [5.74, 6) is 0. The summed E-state index contributed by atoms with van der Waals surface area (Å²) >= 11 is 1.51. The summed E-state index contributed by atoms with van der Waals surface area (Å²) in [6.07, 6.45) is 2.15. The fourth-order valence-corrected chi connectivity index (χ4v) is 6.41. The van der Waals surface area contributed by atoms with Crippen LogP contribution in [-0.4, -0.2) is 11.8 Å². The van der Waals surface area contributed by atoms with Crippen molar-refractivity contribution in [1.29, 1.82) is 0 Å². The molecule has 0 fully saturated rings. The van der Waals surface area contributed by atoms with Crippen molar-refractivity contribution in [3.63, 3.8) is 0 Å². The Labute approximate surface area is 278 Å². The van der Waals surface area contributed by atoms with Crippen LogP contribution in [0.5, 0.6) is 0 Å². The zero-order valence-corrected chi connectivity index (χ0v) is 31.3. The van der Waals surface area contributed by atoms with Crippen LogP contribution in [-0.2, 0) is 47.9 Å². The fourth-order valence-electron chi connectivity index (χ4n) is 4.63. The van der Waals surface area contributed by atoms with Gasteiger partial charge in [0.1, 0.15) is 0 Å². The van der Waals surface area contributed by atoms with Crippen molar-refractivity contribution in [3.05, 3.63) is 119 Å². The molecule has 0 heterocycles. The molecule has 0 saturated carbocycles. The zero-order chi connectivity index (χ0) is 28.8. The van der Waals surface area contributed by atoms with E-state index in [9.17, 15) is 0 Å². The Morgan fingerprint density at radius 3 is 1.95 bits per heavy atom. The van der Waals surface area contributed by atoms with E-state index in [1.807, 2.05) is 6.07 Å². The van der Waals surface area contributed by atoms with Gasteiger partial charge in [-0.25, -0.2) is 11.3 Å². The summed E-state index contributed by atoms with van der Waals surface area (Å²) in [7, 11) is -0.981. The molecule has 0 saturated heterocycles. The third-order valence-electron chi connectivity index (χ3n) is 7.17. The van der Waals surface area contributed by atoms with Gasteiger partial charge < -0.3 is 24.8 Å². The molecule has 0 aromatic heterocycles. The minimum atomic E-state index is -0.981. The van der Waals surface area contributed by atoms with Gasteiger partial charge in [-0.15, -0.1) is 11.1 Å². The molecular formula is C37H46Cl2SiZr-2. The van der Waals surface area contributed by atoms with Gasteiger partial charge in [0, 0.05) is 8.07 Å². The average Bonchev–Trinajstić information content (AvgIpc) is 3.52. The van der Waals surface area contributed by atoms with Crippen LogP contribution >= 0.6 is 0 Å². The molecule has 0 radical (unpaired) electrons. The van der Waals surface area contributed by atoms with Crippen LogP contribution in [0.15, 0.2) is 84.9 Å². The Morgan fingerprint density at radius 1 is 0.829 bits per heavy atom. The van der Waals surface area contributed by atoms with E-state index >= 15 is 0 Å². The maximum absolute atomic E-state index is 3.67. The number of fused-ring (bicyclic) bond motifs is 3. The van der Waals surface area contributed by atoms with Crippen molar-refractivity contribution >= 4 is 17.0 Å². The quantitative estimate of drug-likeness (QED) is 0.203. The van der Waals surface area contributed by atoms with E-state index in [2.05, 4.69) is 150 Å². The molecule has 0 N–H and O–H groups in total. The molecule has 1 aliphatic rings. The Kier molecular flexibility index (Phi) is 14.5. The second-order valence-corrected chi connectivity index (χ2v) is 19.7. The molecule has 1 aliphatic carbocycles. The van der Waals surface area contributed by atoms with Crippen molar-refractivity contribution < 1.29 is 49.0 Å². The topological polar surface area (TPSA) is 0 Å². The van der Waals surface area contributed by atoms with Crippen molar-refractivity contribution in [3.8, 4) is 11.1 Å². The molecule has 5 rings (SSSR count). The van der Waals surface area contributed by atoms with Crippen LogP contribution < -0.4 is 30.0 Å². The first-order chi connectivity index (χ1) is 18.2. The maximum atomic E-state index is 3.67. The molecule has 0 nitrogen and oxygen atoms in total. The fraction of sp³-hybridized carbons (Fsp3) is 0.351. The number of hydrogen-bond donors (Lipinski definition) is 0. The third-order valence-corrected chi connectivity index (χ3v) is 9.74. The Balaban J connectivity index is 0.000000351. The summed E-state index contributed by atoms with van der Waals surface area (Å²) in [4.78, 5) is 0. The molecule has 0 atom stereocenters. The van der Waals surface area contributed by atoms with E-state index in [0.717, 1.165) is 12.8 Å². The summed E-state index contributed by atoms with van der Waals surface area (Å²) in [6.45, 7) is 20.7. The standard InChI is InChI=1S/C21H25.C8H13Si.C8H8.2ClH.Zr/c1-20(2,3)16-7-9-18-14(12-16)11-15-13-17(21(4,5)6)8-10-19(15)18;1-9(2,3)8-6-4-5-7-8;1-2-8-6-4-3-5-7-8;;;/h7-10,12H,11H2,1-6H3;4-7H,1-3H3;1,3-7H,2H2;2*1H;/q2*-1;;;;+2/p-2. The van der Waals surface area contributed by atoms with Gasteiger partial charge in [-0.2, -0.15) is 42.0 Å². The third kappa shape index (κ3) is 11.0. The Hall–Kier alpha value is -1.44. The van der Waals surface area contributed by atoms with Gasteiger partial charge >= 0.3 is 70.3 Å². The predicted molar refractivity (Wildman–Crippen MR) is 172 cm³/mol. The molecule has 0 amide bonds. The summed E-state index contributed by atoms with van der Waals surface area (Å²) in [6, 6.07) is 34.4. The van der Waals surface area contributed by atoms with E-state index in [4.69, 9.17) is 0 Å². The van der Waals surface area contributed by atoms with Crippen LogP contribution in [0.3, 0.4) is 0 Å². The minimum absolute atomic E-state index is 0. The van der Waals surface area contributed by atoms with Gasteiger partial charge in [0.25, 0.3) is 0 Å². The summed E-state index contributed by atoms with van der Waals surface area (Å²) in [5, 5.41) is 1.56. The second-order valence-electron chi connectivity index (χ2n) is 13.6. The first kappa shape index (κ1) is 37.6. The predicted octanol–water partition coefficient (Wildman–Crippen LogP) is 3.19. The van der Waals surface area contributed by atoms with Gasteiger partial charge in [-0.05, 0) is 28.4 Å². The van der Waals surface area contributed by atoms with E-state index in [0.29, 0.717) is 0 Å². The normalized spacial score (nSPS) is 11.8. The molecule has 0 unspecified atom stereocenters. The molecular weight excluding hydrogens is 635 g/mol. The van der Waals surface area contributed by atoms with Crippen LogP contribution in [0.4, 0.5) is 0 Å². The Morgan fingerprint density at radius 2 is 1.46 bits per heavy atom. The molecule has 4 heteroatoms. The number of halogens is 2. The molecule has 4 aromatic rings. The van der Waals surface area contributed by atoms with Crippen LogP contribution in [0.1, 0.15) is 69.4 Å². The number of hydrogen-bond acceptors (Lipinski definition) is 0. The molecule has 0 aliphatic heterocycles. The average molecular weight is 681 g/mol. The van der Waals surface area contributed by atoms with E-state index in [1.54, 1.807) is 5.19 Å². The summed E-state index contributed by atoms with van der Waals surface area (Å²) in [5.41, 5.74) is 10.1. The molecule has 41 heavy (non-hydrogen) atoms. The van der Waals surface area contributed by atoms with Crippen LogP contribution in [0.25, 0.3) is 11.1 Å².